The second kappa shape index (κ2) is 9.40. The molecule has 1 aromatic heterocycles. The molecule has 5 nitrogen and oxygen atoms in total. The van der Waals surface area contributed by atoms with E-state index in [4.69, 9.17) is 0 Å². The average Bonchev–Trinajstić information content (AvgIpc) is 2.89. The summed E-state index contributed by atoms with van der Waals surface area (Å²) in [7, 11) is 0. The van der Waals surface area contributed by atoms with Crippen molar-refractivity contribution in [1.29, 1.82) is 0 Å². The lowest BCUT2D eigenvalue weighted by Crippen LogP contribution is -2.25. The molecule has 2 rings (SSSR count). The minimum absolute atomic E-state index is 0.0790. The second-order valence-electron chi connectivity index (χ2n) is 6.35. The van der Waals surface area contributed by atoms with E-state index in [0.717, 1.165) is 31.2 Å². The van der Waals surface area contributed by atoms with Gasteiger partial charge in [0.05, 0.1) is 12.3 Å². The first kappa shape index (κ1) is 17.6. The van der Waals surface area contributed by atoms with E-state index in [1.165, 1.54) is 12.8 Å². The number of nitrogens with zero attached hydrogens (tertiary/aromatic N) is 2. The highest BCUT2D eigenvalue weighted by Crippen LogP contribution is 2.37. The van der Waals surface area contributed by atoms with Crippen molar-refractivity contribution in [3.05, 3.63) is 30.1 Å². The van der Waals surface area contributed by atoms with Crippen molar-refractivity contribution >= 4 is 12.1 Å². The Bertz CT molecular complexity index is 504. The zero-order valence-electron chi connectivity index (χ0n) is 13.8. The second-order valence-corrected chi connectivity index (χ2v) is 6.35. The van der Waals surface area contributed by atoms with Crippen LogP contribution in [0.15, 0.2) is 29.6 Å². The van der Waals surface area contributed by atoms with E-state index in [9.17, 15) is 9.90 Å². The van der Waals surface area contributed by atoms with Gasteiger partial charge in [-0.05, 0) is 37.2 Å². The molecule has 3 atom stereocenters. The normalized spacial score (nSPS) is 24.2. The maximum Gasteiger partial charge on any atom is 0.240 e. The van der Waals surface area contributed by atoms with E-state index >= 15 is 0 Å². The lowest BCUT2D eigenvalue weighted by atomic mass is 9.87. The van der Waals surface area contributed by atoms with Gasteiger partial charge in [0.2, 0.25) is 5.91 Å². The van der Waals surface area contributed by atoms with Gasteiger partial charge >= 0.3 is 0 Å². The third kappa shape index (κ3) is 5.75. The van der Waals surface area contributed by atoms with E-state index in [1.807, 2.05) is 12.1 Å². The first-order valence-electron chi connectivity index (χ1n) is 8.60. The lowest BCUT2D eigenvalue weighted by Gasteiger charge is -2.21. The smallest absolute Gasteiger partial charge is 0.240 e. The predicted octanol–water partition coefficient (Wildman–Crippen LogP) is 2.89. The molecule has 1 aliphatic carbocycles. The number of rotatable bonds is 8. The number of aromatic nitrogens is 1. The molecule has 0 radical (unpaired) electrons. The number of hydrogen-bond acceptors (Lipinski definition) is 4. The maximum atomic E-state index is 12.0. The highest BCUT2D eigenvalue weighted by atomic mass is 16.3. The monoisotopic (exact) mass is 317 g/mol. The molecule has 23 heavy (non-hydrogen) atoms. The molecule has 126 valence electrons. The van der Waals surface area contributed by atoms with Crippen LogP contribution in [0.3, 0.4) is 0 Å². The van der Waals surface area contributed by atoms with E-state index in [1.54, 1.807) is 18.6 Å². The summed E-state index contributed by atoms with van der Waals surface area (Å²) in [5, 5.41) is 14.1. The van der Waals surface area contributed by atoms with Gasteiger partial charge in [-0.2, -0.15) is 5.10 Å². The number of amides is 1. The summed E-state index contributed by atoms with van der Waals surface area (Å²) in [4.78, 5) is 16.0. The highest BCUT2D eigenvalue weighted by molar-refractivity contribution is 5.82. The Balaban J connectivity index is 1.78. The summed E-state index contributed by atoms with van der Waals surface area (Å²) < 4.78 is 0. The van der Waals surface area contributed by atoms with Crippen molar-refractivity contribution in [2.75, 3.05) is 0 Å². The van der Waals surface area contributed by atoms with Crippen molar-refractivity contribution < 1.29 is 9.90 Å². The molecule has 0 spiro atoms. The van der Waals surface area contributed by atoms with Gasteiger partial charge in [0.15, 0.2) is 0 Å². The van der Waals surface area contributed by atoms with Crippen LogP contribution in [-0.4, -0.2) is 28.3 Å². The van der Waals surface area contributed by atoms with Crippen LogP contribution < -0.4 is 5.43 Å². The van der Waals surface area contributed by atoms with Gasteiger partial charge in [-0.3, -0.25) is 9.78 Å². The molecule has 2 N–H and O–H groups in total. The van der Waals surface area contributed by atoms with Gasteiger partial charge < -0.3 is 5.11 Å². The number of aliphatic hydroxyl groups excluding tert-OH is 1. The summed E-state index contributed by atoms with van der Waals surface area (Å²) in [6.45, 7) is 2.18. The summed E-state index contributed by atoms with van der Waals surface area (Å²) in [5.41, 5.74) is 3.43. The Morgan fingerprint density at radius 3 is 3.09 bits per heavy atom. The molecule has 1 saturated carbocycles. The van der Waals surface area contributed by atoms with Crippen LogP contribution in [0.25, 0.3) is 0 Å². The Morgan fingerprint density at radius 2 is 2.35 bits per heavy atom. The molecule has 0 aliphatic heterocycles. The van der Waals surface area contributed by atoms with Gasteiger partial charge in [0, 0.05) is 24.4 Å². The molecule has 1 aromatic rings. The van der Waals surface area contributed by atoms with E-state index in [2.05, 4.69) is 22.4 Å². The van der Waals surface area contributed by atoms with Crippen LogP contribution in [0.1, 0.15) is 57.4 Å². The molecule has 1 fully saturated rings. The first-order valence-corrected chi connectivity index (χ1v) is 8.60. The predicted molar refractivity (Wildman–Crippen MR) is 91.0 cm³/mol. The summed E-state index contributed by atoms with van der Waals surface area (Å²) in [6.07, 6.45) is 11.4. The molecule has 1 aliphatic rings. The third-order valence-electron chi connectivity index (χ3n) is 4.61. The van der Waals surface area contributed by atoms with Crippen molar-refractivity contribution in [3.8, 4) is 0 Å². The summed E-state index contributed by atoms with van der Waals surface area (Å²) in [5.74, 6) is 0.454. The Kier molecular flexibility index (Phi) is 7.20. The van der Waals surface area contributed by atoms with E-state index < -0.39 is 0 Å². The largest absolute Gasteiger partial charge is 0.393 e. The van der Waals surface area contributed by atoms with Crippen molar-refractivity contribution in [2.24, 2.45) is 16.9 Å². The van der Waals surface area contributed by atoms with Gasteiger partial charge in [-0.15, -0.1) is 0 Å². The number of pyridine rings is 1. The molecular weight excluding hydrogens is 290 g/mol. The molecule has 0 bridgehead atoms. The molecule has 1 heterocycles. The number of hydrogen-bond donors (Lipinski definition) is 2. The van der Waals surface area contributed by atoms with Crippen LogP contribution in [0, 0.1) is 11.8 Å². The lowest BCUT2D eigenvalue weighted by molar-refractivity contribution is -0.122. The molecule has 0 saturated heterocycles. The highest BCUT2D eigenvalue weighted by Gasteiger charge is 2.35. The molecule has 5 heteroatoms. The standard InChI is InChI=1S/C18H27N3O2/c1-2-3-4-7-16-15(8-9-17(16)22)11-18(23)21-20-13-14-6-5-10-19-12-14/h5-6,10,12-13,15-17,22H,2-4,7-9,11H2,1H3,(H,21,23). The van der Waals surface area contributed by atoms with Crippen LogP contribution in [0.5, 0.6) is 0 Å². The van der Waals surface area contributed by atoms with Gasteiger partial charge in [-0.25, -0.2) is 5.43 Å². The van der Waals surface area contributed by atoms with Gasteiger partial charge in [0.25, 0.3) is 0 Å². The van der Waals surface area contributed by atoms with Crippen LogP contribution in [-0.2, 0) is 4.79 Å². The molecule has 3 unspecified atom stereocenters. The van der Waals surface area contributed by atoms with Crippen LogP contribution in [0.4, 0.5) is 0 Å². The first-order chi connectivity index (χ1) is 11.2. The number of nitrogens with one attached hydrogen (secondary N) is 1. The molecule has 0 aromatic carbocycles. The average molecular weight is 317 g/mol. The molecule has 1 amide bonds. The number of carbonyl (C=O) groups excluding carboxylic acids is 1. The summed E-state index contributed by atoms with van der Waals surface area (Å²) >= 11 is 0. The summed E-state index contributed by atoms with van der Waals surface area (Å²) in [6, 6.07) is 3.70. The quantitative estimate of drug-likeness (QED) is 0.440. The van der Waals surface area contributed by atoms with Crippen LogP contribution in [0.2, 0.25) is 0 Å². The fraction of sp³-hybridized carbons (Fsp3) is 0.611. The minimum Gasteiger partial charge on any atom is -0.393 e. The maximum absolute atomic E-state index is 12.0. The van der Waals surface area contributed by atoms with Crippen LogP contribution >= 0.6 is 0 Å². The number of carbonyl (C=O) groups is 1. The van der Waals surface area contributed by atoms with Gasteiger partial charge in [-0.1, -0.05) is 32.3 Å². The van der Waals surface area contributed by atoms with Crippen molar-refractivity contribution in [1.82, 2.24) is 10.4 Å². The Hall–Kier alpha value is -1.75. The zero-order valence-corrected chi connectivity index (χ0v) is 13.8. The topological polar surface area (TPSA) is 74.6 Å². The number of hydrazone groups is 1. The molecular formula is C18H27N3O2. The van der Waals surface area contributed by atoms with Crippen molar-refractivity contribution in [2.45, 2.75) is 58.0 Å². The third-order valence-corrected chi connectivity index (χ3v) is 4.61. The zero-order chi connectivity index (χ0) is 16.5. The van der Waals surface area contributed by atoms with E-state index in [-0.39, 0.29) is 23.8 Å². The number of unbranched alkanes of at least 4 members (excludes halogenated alkanes) is 2. The minimum atomic E-state index is -0.247. The fourth-order valence-electron chi connectivity index (χ4n) is 3.35. The van der Waals surface area contributed by atoms with Crippen molar-refractivity contribution in [3.63, 3.8) is 0 Å². The Labute approximate surface area is 138 Å². The number of aliphatic hydroxyl groups is 1. The van der Waals surface area contributed by atoms with E-state index in [0.29, 0.717) is 6.42 Å². The fourth-order valence-corrected chi connectivity index (χ4v) is 3.35. The van der Waals surface area contributed by atoms with Gasteiger partial charge in [0.1, 0.15) is 0 Å². The SMILES string of the molecule is CCCCCC1C(O)CCC1CC(=O)NN=Cc1cccnc1. The Morgan fingerprint density at radius 1 is 1.48 bits per heavy atom.